The molecule has 0 atom stereocenters. The maximum absolute atomic E-state index is 11.3. The lowest BCUT2D eigenvalue weighted by molar-refractivity contribution is -0.130. The zero-order valence-electron chi connectivity index (χ0n) is 13.1. The van der Waals surface area contributed by atoms with Gasteiger partial charge in [0, 0.05) is 39.0 Å². The highest BCUT2D eigenvalue weighted by Crippen LogP contribution is 2.23. The summed E-state index contributed by atoms with van der Waals surface area (Å²) >= 11 is 0. The molecule has 0 saturated carbocycles. The van der Waals surface area contributed by atoms with Crippen molar-refractivity contribution in [3.05, 3.63) is 24.8 Å². The van der Waals surface area contributed by atoms with Crippen molar-refractivity contribution in [3.63, 3.8) is 0 Å². The van der Waals surface area contributed by atoms with Crippen molar-refractivity contribution >= 4 is 17.4 Å². The van der Waals surface area contributed by atoms with Crippen LogP contribution in [-0.2, 0) is 4.79 Å². The van der Waals surface area contributed by atoms with Gasteiger partial charge in [0.2, 0.25) is 5.91 Å². The van der Waals surface area contributed by atoms with Crippen LogP contribution in [0.2, 0.25) is 0 Å². The molecule has 8 nitrogen and oxygen atoms in total. The van der Waals surface area contributed by atoms with Crippen LogP contribution in [0.3, 0.4) is 0 Å². The summed E-state index contributed by atoms with van der Waals surface area (Å²) in [5, 5.41) is 7.45. The van der Waals surface area contributed by atoms with Crippen molar-refractivity contribution in [1.29, 1.82) is 0 Å². The number of likely N-dealkylation sites (tertiary alicyclic amines) is 1. The molecule has 1 aliphatic heterocycles. The van der Waals surface area contributed by atoms with E-state index in [-0.39, 0.29) is 5.91 Å². The van der Waals surface area contributed by atoms with E-state index >= 15 is 0 Å². The highest BCUT2D eigenvalue weighted by atomic mass is 16.2. The third kappa shape index (κ3) is 3.41. The lowest BCUT2D eigenvalue weighted by Gasteiger charge is -2.31. The third-order valence-electron chi connectivity index (χ3n) is 4.20. The first-order valence-electron chi connectivity index (χ1n) is 7.75. The number of hydrogen-bond donors (Lipinski definition) is 2. The van der Waals surface area contributed by atoms with Crippen molar-refractivity contribution in [3.8, 4) is 5.82 Å². The fourth-order valence-corrected chi connectivity index (χ4v) is 2.80. The van der Waals surface area contributed by atoms with Gasteiger partial charge in [0.1, 0.15) is 12.0 Å². The Morgan fingerprint density at radius 2 is 2.17 bits per heavy atom. The summed E-state index contributed by atoms with van der Waals surface area (Å²) in [5.74, 6) is 1.85. The normalized spacial score (nSPS) is 15.6. The number of nitrogens with two attached hydrogens (primary N) is 1. The number of carbonyl (C=O) groups is 1. The van der Waals surface area contributed by atoms with E-state index in [2.05, 4.69) is 20.4 Å². The summed E-state index contributed by atoms with van der Waals surface area (Å²) < 4.78 is 1.62. The van der Waals surface area contributed by atoms with Gasteiger partial charge in [0.15, 0.2) is 11.6 Å². The number of aromatic nitrogens is 4. The molecule has 8 heteroatoms. The molecule has 1 fully saturated rings. The van der Waals surface area contributed by atoms with Crippen molar-refractivity contribution in [2.45, 2.75) is 19.8 Å². The molecule has 0 aromatic carbocycles. The molecular formula is C15H21N7O. The van der Waals surface area contributed by atoms with Crippen LogP contribution < -0.4 is 11.1 Å². The van der Waals surface area contributed by atoms with Crippen molar-refractivity contribution in [1.82, 2.24) is 24.6 Å². The average molecular weight is 315 g/mol. The Bertz CT molecular complexity index is 662. The first-order valence-corrected chi connectivity index (χ1v) is 7.75. The summed E-state index contributed by atoms with van der Waals surface area (Å²) in [6, 6.07) is 1.82. The Morgan fingerprint density at radius 3 is 2.83 bits per heavy atom. The molecule has 3 N–H and O–H groups in total. The van der Waals surface area contributed by atoms with E-state index in [4.69, 9.17) is 5.73 Å². The van der Waals surface area contributed by atoms with E-state index in [0.29, 0.717) is 23.2 Å². The number of hydrogen-bond acceptors (Lipinski definition) is 6. The van der Waals surface area contributed by atoms with E-state index in [0.717, 1.165) is 32.5 Å². The van der Waals surface area contributed by atoms with E-state index in [1.807, 2.05) is 11.0 Å². The van der Waals surface area contributed by atoms with Crippen LogP contribution in [0, 0.1) is 5.92 Å². The molecular weight excluding hydrogens is 294 g/mol. The second-order valence-electron chi connectivity index (χ2n) is 5.74. The molecule has 23 heavy (non-hydrogen) atoms. The van der Waals surface area contributed by atoms with Crippen LogP contribution in [0.4, 0.5) is 11.5 Å². The van der Waals surface area contributed by atoms with Gasteiger partial charge in [-0.1, -0.05) is 0 Å². The number of nitrogens with zero attached hydrogens (tertiary/aromatic N) is 5. The Morgan fingerprint density at radius 1 is 1.39 bits per heavy atom. The average Bonchev–Trinajstić information content (AvgIpc) is 3.08. The van der Waals surface area contributed by atoms with Gasteiger partial charge in [-0.05, 0) is 24.8 Å². The lowest BCUT2D eigenvalue weighted by Crippen LogP contribution is -2.38. The summed E-state index contributed by atoms with van der Waals surface area (Å²) in [6.07, 6.45) is 6.93. The molecule has 0 spiro atoms. The van der Waals surface area contributed by atoms with Gasteiger partial charge in [-0.15, -0.1) is 0 Å². The third-order valence-corrected chi connectivity index (χ3v) is 4.20. The molecule has 1 aliphatic rings. The van der Waals surface area contributed by atoms with Crippen molar-refractivity contribution < 1.29 is 4.79 Å². The molecule has 1 saturated heterocycles. The minimum Gasteiger partial charge on any atom is -0.393 e. The minimum absolute atomic E-state index is 0.153. The first-order chi connectivity index (χ1) is 11.1. The van der Waals surface area contributed by atoms with Gasteiger partial charge < -0.3 is 16.0 Å². The monoisotopic (exact) mass is 315 g/mol. The van der Waals surface area contributed by atoms with E-state index < -0.39 is 0 Å². The Balaban J connectivity index is 1.61. The number of amides is 1. The van der Waals surface area contributed by atoms with Crippen LogP contribution in [-0.4, -0.2) is 50.2 Å². The minimum atomic E-state index is 0.153. The molecule has 0 aliphatic carbocycles. The summed E-state index contributed by atoms with van der Waals surface area (Å²) in [5.41, 5.74) is 6.63. The number of nitrogen functional groups attached to an aromatic ring is 1. The molecule has 0 unspecified atom stereocenters. The lowest BCUT2D eigenvalue weighted by atomic mass is 9.97. The standard InChI is InChI=1S/C15H21N7O/c1-11(23)21-7-3-12(4-8-21)9-17-14-13(16)15(19-10-18-14)22-6-2-5-20-22/h2,5-6,10,12H,3-4,7-9,16H2,1H3,(H,17,18,19). The van der Waals surface area contributed by atoms with E-state index in [9.17, 15) is 4.79 Å². The van der Waals surface area contributed by atoms with Crippen molar-refractivity contribution in [2.75, 3.05) is 30.7 Å². The van der Waals surface area contributed by atoms with Crippen LogP contribution in [0.1, 0.15) is 19.8 Å². The number of rotatable bonds is 4. The smallest absolute Gasteiger partial charge is 0.219 e. The van der Waals surface area contributed by atoms with Crippen LogP contribution in [0.25, 0.3) is 5.82 Å². The second-order valence-corrected chi connectivity index (χ2v) is 5.74. The molecule has 0 radical (unpaired) electrons. The highest BCUT2D eigenvalue weighted by molar-refractivity contribution is 5.73. The van der Waals surface area contributed by atoms with Gasteiger partial charge in [0.25, 0.3) is 0 Å². The highest BCUT2D eigenvalue weighted by Gasteiger charge is 2.21. The number of nitrogens with one attached hydrogen (secondary N) is 1. The number of carbonyl (C=O) groups excluding carboxylic acids is 1. The number of piperidine rings is 1. The summed E-state index contributed by atoms with van der Waals surface area (Å²) in [4.78, 5) is 21.7. The van der Waals surface area contributed by atoms with Crippen LogP contribution in [0.5, 0.6) is 0 Å². The van der Waals surface area contributed by atoms with Gasteiger partial charge in [0.05, 0.1) is 0 Å². The topological polar surface area (TPSA) is 102 Å². The van der Waals surface area contributed by atoms with Gasteiger partial charge >= 0.3 is 0 Å². The maximum Gasteiger partial charge on any atom is 0.219 e. The maximum atomic E-state index is 11.3. The number of anilines is 2. The molecule has 1 amide bonds. The zero-order chi connectivity index (χ0) is 16.2. The van der Waals surface area contributed by atoms with Gasteiger partial charge in [-0.2, -0.15) is 5.10 Å². The van der Waals surface area contributed by atoms with Crippen LogP contribution >= 0.6 is 0 Å². The summed E-state index contributed by atoms with van der Waals surface area (Å²) in [6.45, 7) is 4.04. The second kappa shape index (κ2) is 6.64. The quantitative estimate of drug-likeness (QED) is 0.869. The van der Waals surface area contributed by atoms with Crippen molar-refractivity contribution in [2.24, 2.45) is 5.92 Å². The molecule has 3 rings (SSSR count). The SMILES string of the molecule is CC(=O)N1CCC(CNc2ncnc(-n3cccn3)c2N)CC1. The Kier molecular flexibility index (Phi) is 4.40. The van der Waals surface area contributed by atoms with Gasteiger partial charge in [-0.25, -0.2) is 14.6 Å². The van der Waals surface area contributed by atoms with E-state index in [1.54, 1.807) is 24.0 Å². The Labute approximate surface area is 134 Å². The Hall–Kier alpha value is -2.64. The molecule has 2 aromatic rings. The fourth-order valence-electron chi connectivity index (χ4n) is 2.80. The predicted octanol–water partition coefficient (Wildman–Crippen LogP) is 0.915. The first kappa shape index (κ1) is 15.3. The van der Waals surface area contributed by atoms with Gasteiger partial charge in [-0.3, -0.25) is 4.79 Å². The molecule has 2 aromatic heterocycles. The largest absolute Gasteiger partial charge is 0.393 e. The van der Waals surface area contributed by atoms with Crippen LogP contribution in [0.15, 0.2) is 24.8 Å². The molecule has 0 bridgehead atoms. The molecule has 3 heterocycles. The van der Waals surface area contributed by atoms with E-state index in [1.165, 1.54) is 6.33 Å². The zero-order valence-corrected chi connectivity index (χ0v) is 13.1. The molecule has 122 valence electrons. The fraction of sp³-hybridized carbons (Fsp3) is 0.467. The predicted molar refractivity (Wildman–Crippen MR) is 87.0 cm³/mol. The summed E-state index contributed by atoms with van der Waals surface area (Å²) in [7, 11) is 0.